The number of nitrogens with one attached hydrogen (secondary N) is 1. The molecule has 0 radical (unpaired) electrons. The first-order valence-corrected chi connectivity index (χ1v) is 8.56. The van der Waals surface area contributed by atoms with Gasteiger partial charge in [0.25, 0.3) is 0 Å². The van der Waals surface area contributed by atoms with Crippen LogP contribution in [0.1, 0.15) is 28.9 Å². The largest absolute Gasteiger partial charge is 0.339 e. The van der Waals surface area contributed by atoms with E-state index in [1.54, 1.807) is 16.2 Å². The molecule has 1 N–H and O–H groups in total. The fraction of sp³-hybridized carbons (Fsp3) is 0.667. The zero-order valence-electron chi connectivity index (χ0n) is 13.5. The lowest BCUT2D eigenvalue weighted by Crippen LogP contribution is -2.53. The van der Waals surface area contributed by atoms with Gasteiger partial charge >= 0.3 is 6.03 Å². The lowest BCUT2D eigenvalue weighted by molar-refractivity contribution is -0.131. The summed E-state index contributed by atoms with van der Waals surface area (Å²) in [4.78, 5) is 33.3. The topological polar surface area (TPSA) is 65.5 Å². The van der Waals surface area contributed by atoms with E-state index in [9.17, 15) is 9.59 Å². The molecule has 1 saturated heterocycles. The highest BCUT2D eigenvalue weighted by atomic mass is 32.1. The maximum atomic E-state index is 12.4. The number of hydrogen-bond acceptors (Lipinski definition) is 4. The summed E-state index contributed by atoms with van der Waals surface area (Å²) in [6.07, 6.45) is 1.34. The van der Waals surface area contributed by atoms with Crippen LogP contribution >= 0.6 is 11.3 Å². The molecule has 1 aliphatic heterocycles. The quantitative estimate of drug-likeness (QED) is 0.914. The van der Waals surface area contributed by atoms with E-state index in [2.05, 4.69) is 10.3 Å². The van der Waals surface area contributed by atoms with E-state index in [4.69, 9.17) is 0 Å². The van der Waals surface area contributed by atoms with Crippen molar-refractivity contribution < 1.29 is 9.59 Å². The van der Waals surface area contributed by atoms with Crippen LogP contribution in [-0.2, 0) is 11.2 Å². The second-order valence-electron chi connectivity index (χ2n) is 5.52. The minimum absolute atomic E-state index is 0.0251. The number of aryl methyl sites for hydroxylation is 2. The normalized spacial score (nSPS) is 15.0. The van der Waals surface area contributed by atoms with Crippen molar-refractivity contribution in [2.75, 3.05) is 32.7 Å². The van der Waals surface area contributed by atoms with Gasteiger partial charge in [0.05, 0.1) is 17.1 Å². The first-order chi connectivity index (χ1) is 10.5. The van der Waals surface area contributed by atoms with E-state index in [1.807, 2.05) is 25.7 Å². The molecule has 0 unspecified atom stereocenters. The van der Waals surface area contributed by atoms with Crippen LogP contribution in [-0.4, -0.2) is 59.4 Å². The van der Waals surface area contributed by atoms with Gasteiger partial charge in [0, 0.05) is 37.6 Å². The number of carbonyl (C=O) groups is 2. The van der Waals surface area contributed by atoms with Crippen molar-refractivity contribution in [2.24, 2.45) is 0 Å². The van der Waals surface area contributed by atoms with Crippen molar-refractivity contribution in [3.63, 3.8) is 0 Å². The van der Waals surface area contributed by atoms with E-state index in [-0.39, 0.29) is 11.9 Å². The summed E-state index contributed by atoms with van der Waals surface area (Å²) in [5.41, 5.74) is 0.952. The molecule has 2 rings (SSSR count). The van der Waals surface area contributed by atoms with Crippen LogP contribution in [0, 0.1) is 13.8 Å². The Morgan fingerprint density at radius 3 is 2.36 bits per heavy atom. The minimum atomic E-state index is -0.0251. The molecule has 0 bridgehead atoms. The van der Waals surface area contributed by atoms with Crippen LogP contribution in [0.4, 0.5) is 4.79 Å². The number of thiazole rings is 1. The third kappa shape index (κ3) is 4.19. The molecule has 0 spiro atoms. The summed E-state index contributed by atoms with van der Waals surface area (Å²) < 4.78 is 0. The van der Waals surface area contributed by atoms with Gasteiger partial charge in [0.2, 0.25) is 5.91 Å². The van der Waals surface area contributed by atoms with Gasteiger partial charge < -0.3 is 15.1 Å². The van der Waals surface area contributed by atoms with Gasteiger partial charge in [-0.15, -0.1) is 11.3 Å². The number of aromatic nitrogens is 1. The van der Waals surface area contributed by atoms with Gasteiger partial charge in [-0.2, -0.15) is 0 Å². The molecule has 22 heavy (non-hydrogen) atoms. The molecule has 0 atom stereocenters. The summed E-state index contributed by atoms with van der Waals surface area (Å²) in [5.74, 6) is 0.125. The highest BCUT2D eigenvalue weighted by Gasteiger charge is 2.24. The highest BCUT2D eigenvalue weighted by molar-refractivity contribution is 7.11. The van der Waals surface area contributed by atoms with Gasteiger partial charge in [0.1, 0.15) is 0 Å². The summed E-state index contributed by atoms with van der Waals surface area (Å²) in [6.45, 7) is 9.04. The highest BCUT2D eigenvalue weighted by Crippen LogP contribution is 2.18. The zero-order chi connectivity index (χ0) is 16.1. The summed E-state index contributed by atoms with van der Waals surface area (Å²) in [6, 6.07) is -0.0251. The van der Waals surface area contributed by atoms with Gasteiger partial charge in [-0.1, -0.05) is 6.92 Å². The molecular weight excluding hydrogens is 300 g/mol. The van der Waals surface area contributed by atoms with E-state index in [0.717, 1.165) is 22.0 Å². The van der Waals surface area contributed by atoms with Gasteiger partial charge in [-0.05, 0) is 20.3 Å². The summed E-state index contributed by atoms with van der Waals surface area (Å²) in [7, 11) is 0. The third-order valence-electron chi connectivity index (χ3n) is 3.76. The van der Waals surface area contributed by atoms with Crippen molar-refractivity contribution >= 4 is 23.3 Å². The maximum Gasteiger partial charge on any atom is 0.317 e. The smallest absolute Gasteiger partial charge is 0.317 e. The molecule has 1 aromatic heterocycles. The van der Waals surface area contributed by atoms with Crippen LogP contribution in [0.15, 0.2) is 0 Å². The Labute approximate surface area is 135 Å². The Balaban J connectivity index is 1.82. The van der Waals surface area contributed by atoms with Gasteiger partial charge in [-0.3, -0.25) is 4.79 Å². The van der Waals surface area contributed by atoms with Crippen LogP contribution in [0.3, 0.4) is 0 Å². The average Bonchev–Trinajstić information content (AvgIpc) is 2.82. The van der Waals surface area contributed by atoms with Crippen molar-refractivity contribution in [3.8, 4) is 0 Å². The molecule has 122 valence electrons. The van der Waals surface area contributed by atoms with E-state index in [1.165, 1.54) is 0 Å². The number of rotatable bonds is 4. The maximum absolute atomic E-state index is 12.4. The van der Waals surface area contributed by atoms with Crippen LogP contribution in [0.2, 0.25) is 0 Å². The van der Waals surface area contributed by atoms with Gasteiger partial charge in [-0.25, -0.2) is 9.78 Å². The Hall–Kier alpha value is -1.63. The fourth-order valence-electron chi connectivity index (χ4n) is 2.49. The second-order valence-corrected chi connectivity index (χ2v) is 6.81. The monoisotopic (exact) mass is 324 g/mol. The number of amides is 3. The van der Waals surface area contributed by atoms with Crippen molar-refractivity contribution in [3.05, 3.63) is 15.6 Å². The van der Waals surface area contributed by atoms with Gasteiger partial charge in [0.15, 0.2) is 0 Å². The number of piperazine rings is 1. The zero-order valence-corrected chi connectivity index (χ0v) is 14.3. The fourth-order valence-corrected chi connectivity index (χ4v) is 3.42. The predicted molar refractivity (Wildman–Crippen MR) is 87.1 cm³/mol. The number of urea groups is 1. The lowest BCUT2D eigenvalue weighted by atomic mass is 10.2. The van der Waals surface area contributed by atoms with Crippen LogP contribution < -0.4 is 5.32 Å². The van der Waals surface area contributed by atoms with Crippen molar-refractivity contribution in [1.29, 1.82) is 0 Å². The first-order valence-electron chi connectivity index (χ1n) is 7.74. The van der Waals surface area contributed by atoms with Crippen molar-refractivity contribution in [1.82, 2.24) is 20.1 Å². The molecule has 1 fully saturated rings. The van der Waals surface area contributed by atoms with E-state index in [0.29, 0.717) is 39.1 Å². The molecule has 0 aliphatic carbocycles. The molecule has 0 saturated carbocycles. The van der Waals surface area contributed by atoms with E-state index < -0.39 is 0 Å². The minimum Gasteiger partial charge on any atom is -0.339 e. The molecule has 2 heterocycles. The van der Waals surface area contributed by atoms with E-state index >= 15 is 0 Å². The Kier molecular flexibility index (Phi) is 5.76. The number of carbonyl (C=O) groups excluding carboxylic acids is 2. The van der Waals surface area contributed by atoms with Crippen LogP contribution in [0.5, 0.6) is 0 Å². The number of hydrogen-bond donors (Lipinski definition) is 1. The molecule has 1 aromatic rings. The first kappa shape index (κ1) is 16.7. The molecular formula is C15H24N4O2S. The molecule has 3 amide bonds. The Bertz CT molecular complexity index is 536. The SMILES string of the molecule is CCCNC(=O)N1CCN(C(=O)Cc2sc(C)nc2C)CC1. The average molecular weight is 324 g/mol. The summed E-state index contributed by atoms with van der Waals surface area (Å²) in [5, 5.41) is 3.87. The molecule has 1 aliphatic rings. The van der Waals surface area contributed by atoms with Crippen molar-refractivity contribution in [2.45, 2.75) is 33.6 Å². The molecule has 7 heteroatoms. The predicted octanol–water partition coefficient (Wildman–Crippen LogP) is 1.57. The second kappa shape index (κ2) is 7.58. The Morgan fingerprint density at radius 2 is 1.82 bits per heavy atom. The standard InChI is InChI=1S/C15H24N4O2S/c1-4-5-16-15(21)19-8-6-18(7-9-19)14(20)10-13-11(2)17-12(3)22-13/h4-10H2,1-3H3,(H,16,21). The Morgan fingerprint density at radius 1 is 1.18 bits per heavy atom. The third-order valence-corrected chi connectivity index (χ3v) is 4.83. The molecule has 0 aromatic carbocycles. The van der Waals surface area contributed by atoms with Crippen LogP contribution in [0.25, 0.3) is 0 Å². The summed E-state index contributed by atoms with van der Waals surface area (Å²) >= 11 is 1.59. The number of nitrogens with zero attached hydrogens (tertiary/aromatic N) is 3. The molecule has 6 nitrogen and oxygen atoms in total. The lowest BCUT2D eigenvalue weighted by Gasteiger charge is -2.34.